The zero-order valence-corrected chi connectivity index (χ0v) is 11.2. The maximum Gasteiger partial charge on any atom is 0.110 e. The number of hydrogen-bond donors (Lipinski definition) is 1. The van der Waals surface area contributed by atoms with E-state index in [2.05, 4.69) is 24.5 Å². The first-order valence-corrected chi connectivity index (χ1v) is 6.95. The van der Waals surface area contributed by atoms with Gasteiger partial charge in [-0.25, -0.2) is 4.98 Å². The van der Waals surface area contributed by atoms with E-state index in [0.717, 1.165) is 17.6 Å². The minimum Gasteiger partial charge on any atom is -0.399 e. The lowest BCUT2D eigenvalue weighted by Crippen LogP contribution is -2.06. The third-order valence-electron chi connectivity index (χ3n) is 3.93. The minimum absolute atomic E-state index is 0.663. The first-order valence-electron chi connectivity index (χ1n) is 6.95. The van der Waals surface area contributed by atoms with Gasteiger partial charge in [0.2, 0.25) is 0 Å². The molecule has 96 valence electrons. The maximum atomic E-state index is 5.91. The lowest BCUT2D eigenvalue weighted by Gasteiger charge is -2.11. The van der Waals surface area contributed by atoms with Crippen LogP contribution in [-0.2, 0) is 6.42 Å². The molecule has 1 saturated carbocycles. The number of nitrogens with two attached hydrogens (primary N) is 1. The van der Waals surface area contributed by atoms with Crippen molar-refractivity contribution in [2.75, 3.05) is 5.73 Å². The van der Waals surface area contributed by atoms with Crippen LogP contribution in [0.2, 0.25) is 0 Å². The van der Waals surface area contributed by atoms with Crippen molar-refractivity contribution in [1.82, 2.24) is 9.55 Å². The molecule has 0 spiro atoms. The van der Waals surface area contributed by atoms with Crippen LogP contribution in [0.1, 0.15) is 45.0 Å². The van der Waals surface area contributed by atoms with Gasteiger partial charge in [0.05, 0.1) is 11.0 Å². The molecule has 1 aromatic heterocycles. The summed E-state index contributed by atoms with van der Waals surface area (Å²) in [5, 5.41) is 0. The van der Waals surface area contributed by atoms with Crippen molar-refractivity contribution < 1.29 is 0 Å². The molecular weight excluding hydrogens is 222 g/mol. The van der Waals surface area contributed by atoms with Gasteiger partial charge in [-0.3, -0.25) is 0 Å². The summed E-state index contributed by atoms with van der Waals surface area (Å²) in [6.07, 6.45) is 4.85. The van der Waals surface area contributed by atoms with Crippen LogP contribution in [0.15, 0.2) is 18.2 Å². The highest BCUT2D eigenvalue weighted by molar-refractivity contribution is 5.80. The Bertz CT molecular complexity index is 566. The Morgan fingerprint density at radius 2 is 2.22 bits per heavy atom. The molecular formula is C15H21N3. The molecule has 1 aliphatic rings. The van der Waals surface area contributed by atoms with Crippen LogP contribution in [0, 0.1) is 5.92 Å². The van der Waals surface area contributed by atoms with Gasteiger partial charge in [-0.15, -0.1) is 0 Å². The number of aromatic nitrogens is 2. The van der Waals surface area contributed by atoms with Gasteiger partial charge in [0.25, 0.3) is 0 Å². The summed E-state index contributed by atoms with van der Waals surface area (Å²) in [7, 11) is 0. The summed E-state index contributed by atoms with van der Waals surface area (Å²) in [6, 6.07) is 6.72. The summed E-state index contributed by atoms with van der Waals surface area (Å²) in [5.74, 6) is 1.93. The maximum absolute atomic E-state index is 5.91. The van der Waals surface area contributed by atoms with Crippen molar-refractivity contribution in [2.45, 2.75) is 45.6 Å². The molecule has 0 bridgehead atoms. The van der Waals surface area contributed by atoms with Crippen molar-refractivity contribution in [2.24, 2.45) is 5.92 Å². The fourth-order valence-electron chi connectivity index (χ4n) is 2.50. The quantitative estimate of drug-likeness (QED) is 0.835. The third kappa shape index (κ3) is 1.98. The van der Waals surface area contributed by atoms with Gasteiger partial charge < -0.3 is 10.3 Å². The molecule has 0 saturated heterocycles. The van der Waals surface area contributed by atoms with E-state index in [1.165, 1.54) is 30.6 Å². The summed E-state index contributed by atoms with van der Waals surface area (Å²) in [6.45, 7) is 4.54. The van der Waals surface area contributed by atoms with Gasteiger partial charge >= 0.3 is 0 Å². The summed E-state index contributed by atoms with van der Waals surface area (Å²) >= 11 is 0. The smallest absolute Gasteiger partial charge is 0.110 e. The molecule has 1 heterocycles. The Morgan fingerprint density at radius 1 is 1.44 bits per heavy atom. The van der Waals surface area contributed by atoms with Gasteiger partial charge in [0, 0.05) is 18.2 Å². The monoisotopic (exact) mass is 243 g/mol. The Morgan fingerprint density at radius 3 is 2.89 bits per heavy atom. The highest BCUT2D eigenvalue weighted by atomic mass is 15.1. The SMILES string of the molecule is CCC(C)Cc1nc2ccc(N)cc2n1C1CC1. The molecule has 1 aromatic carbocycles. The molecule has 1 atom stereocenters. The average Bonchev–Trinajstić information content (AvgIpc) is 3.12. The lowest BCUT2D eigenvalue weighted by molar-refractivity contribution is 0.525. The molecule has 2 aromatic rings. The predicted octanol–water partition coefficient (Wildman–Crippen LogP) is 3.54. The van der Waals surface area contributed by atoms with Crippen LogP contribution >= 0.6 is 0 Å². The number of imidazole rings is 1. The summed E-state index contributed by atoms with van der Waals surface area (Å²) < 4.78 is 2.43. The zero-order valence-electron chi connectivity index (χ0n) is 11.2. The first kappa shape index (κ1) is 11.6. The van der Waals surface area contributed by atoms with E-state index in [0.29, 0.717) is 12.0 Å². The zero-order chi connectivity index (χ0) is 12.7. The topological polar surface area (TPSA) is 43.8 Å². The molecule has 3 nitrogen and oxygen atoms in total. The number of nitrogens with zero attached hydrogens (tertiary/aromatic N) is 2. The van der Waals surface area contributed by atoms with E-state index >= 15 is 0 Å². The first-order chi connectivity index (χ1) is 8.69. The molecule has 18 heavy (non-hydrogen) atoms. The van der Waals surface area contributed by atoms with Crippen LogP contribution in [0.3, 0.4) is 0 Å². The Balaban J connectivity index is 2.09. The normalized spacial score (nSPS) is 17.2. The van der Waals surface area contributed by atoms with E-state index in [1.54, 1.807) is 0 Å². The lowest BCUT2D eigenvalue weighted by atomic mass is 10.1. The van der Waals surface area contributed by atoms with Crippen molar-refractivity contribution in [1.29, 1.82) is 0 Å². The number of nitrogen functional groups attached to an aromatic ring is 1. The molecule has 0 radical (unpaired) electrons. The van der Waals surface area contributed by atoms with Crippen molar-refractivity contribution >= 4 is 16.7 Å². The van der Waals surface area contributed by atoms with Crippen LogP contribution in [0.25, 0.3) is 11.0 Å². The molecule has 0 aliphatic heterocycles. The van der Waals surface area contributed by atoms with Gasteiger partial charge in [-0.2, -0.15) is 0 Å². The molecule has 1 fully saturated rings. The van der Waals surface area contributed by atoms with Crippen molar-refractivity contribution in [3.05, 3.63) is 24.0 Å². The molecule has 1 unspecified atom stereocenters. The Labute approximate surface area is 108 Å². The summed E-state index contributed by atoms with van der Waals surface area (Å²) in [5.41, 5.74) is 9.05. The molecule has 1 aliphatic carbocycles. The second-order valence-electron chi connectivity index (χ2n) is 5.59. The van der Waals surface area contributed by atoms with Gasteiger partial charge in [-0.1, -0.05) is 20.3 Å². The second-order valence-corrected chi connectivity index (χ2v) is 5.59. The third-order valence-corrected chi connectivity index (χ3v) is 3.93. The minimum atomic E-state index is 0.663. The number of fused-ring (bicyclic) bond motifs is 1. The molecule has 3 rings (SSSR count). The van der Waals surface area contributed by atoms with Gasteiger partial charge in [0.15, 0.2) is 0 Å². The standard InChI is InChI=1S/C15H21N3/c1-3-10(2)8-15-17-13-7-4-11(16)9-14(13)18(15)12-5-6-12/h4,7,9-10,12H,3,5-6,8,16H2,1-2H3. The highest BCUT2D eigenvalue weighted by Gasteiger charge is 2.28. The van der Waals surface area contributed by atoms with E-state index in [-0.39, 0.29) is 0 Å². The molecule has 3 heteroatoms. The predicted molar refractivity (Wildman–Crippen MR) is 75.6 cm³/mol. The Hall–Kier alpha value is -1.51. The number of rotatable bonds is 4. The highest BCUT2D eigenvalue weighted by Crippen LogP contribution is 2.39. The van der Waals surface area contributed by atoms with Crippen LogP contribution in [0.5, 0.6) is 0 Å². The van der Waals surface area contributed by atoms with Crippen molar-refractivity contribution in [3.8, 4) is 0 Å². The van der Waals surface area contributed by atoms with Crippen LogP contribution in [-0.4, -0.2) is 9.55 Å². The Kier molecular flexibility index (Phi) is 2.77. The largest absolute Gasteiger partial charge is 0.399 e. The fraction of sp³-hybridized carbons (Fsp3) is 0.533. The van der Waals surface area contributed by atoms with E-state index in [9.17, 15) is 0 Å². The van der Waals surface area contributed by atoms with Crippen LogP contribution < -0.4 is 5.73 Å². The number of benzene rings is 1. The van der Waals surface area contributed by atoms with E-state index < -0.39 is 0 Å². The van der Waals surface area contributed by atoms with E-state index in [4.69, 9.17) is 10.7 Å². The van der Waals surface area contributed by atoms with Crippen LogP contribution in [0.4, 0.5) is 5.69 Å². The van der Waals surface area contributed by atoms with Gasteiger partial charge in [-0.05, 0) is 37.0 Å². The number of hydrogen-bond acceptors (Lipinski definition) is 2. The summed E-state index contributed by atoms with van der Waals surface area (Å²) in [4.78, 5) is 4.81. The van der Waals surface area contributed by atoms with E-state index in [1.807, 2.05) is 12.1 Å². The van der Waals surface area contributed by atoms with Gasteiger partial charge in [0.1, 0.15) is 5.82 Å². The molecule has 2 N–H and O–H groups in total. The fourth-order valence-corrected chi connectivity index (χ4v) is 2.50. The average molecular weight is 243 g/mol. The van der Waals surface area contributed by atoms with Crippen molar-refractivity contribution in [3.63, 3.8) is 0 Å². The molecule has 0 amide bonds. The number of anilines is 1. The second kappa shape index (κ2) is 4.30.